The van der Waals surface area contributed by atoms with Crippen molar-refractivity contribution in [1.29, 1.82) is 0 Å². The first-order chi connectivity index (χ1) is 15.5. The van der Waals surface area contributed by atoms with Crippen molar-refractivity contribution in [3.63, 3.8) is 0 Å². The average molecular weight is 455 g/mol. The molecule has 8 heteroatoms. The molecule has 7 nitrogen and oxygen atoms in total. The van der Waals surface area contributed by atoms with E-state index in [0.717, 1.165) is 35.5 Å². The topological polar surface area (TPSA) is 72.5 Å². The highest BCUT2D eigenvalue weighted by Crippen LogP contribution is 2.25. The quantitative estimate of drug-likeness (QED) is 0.524. The van der Waals surface area contributed by atoms with Gasteiger partial charge in [-0.2, -0.15) is 0 Å². The highest BCUT2D eigenvalue weighted by atomic mass is 32.2. The summed E-state index contributed by atoms with van der Waals surface area (Å²) in [6.07, 6.45) is 3.71. The highest BCUT2D eigenvalue weighted by Gasteiger charge is 2.25. The van der Waals surface area contributed by atoms with Crippen LogP contribution in [0.15, 0.2) is 52.3 Å². The number of morpholine rings is 1. The van der Waals surface area contributed by atoms with E-state index in [4.69, 9.17) is 9.15 Å². The lowest BCUT2D eigenvalue weighted by molar-refractivity contribution is -0.118. The number of hydrogen-bond donors (Lipinski definition) is 1. The predicted molar refractivity (Wildman–Crippen MR) is 125 cm³/mol. The zero-order chi connectivity index (χ0) is 22.5. The molecule has 1 aromatic carbocycles. The number of thioether (sulfide) groups is 1. The molecule has 0 spiro atoms. The Balaban J connectivity index is 1.38. The molecule has 1 atom stereocenters. The van der Waals surface area contributed by atoms with Gasteiger partial charge in [0.25, 0.3) is 0 Å². The van der Waals surface area contributed by atoms with Crippen LogP contribution in [0.1, 0.15) is 28.7 Å². The van der Waals surface area contributed by atoms with Crippen LogP contribution in [0.4, 0.5) is 0 Å². The van der Waals surface area contributed by atoms with Crippen molar-refractivity contribution < 1.29 is 13.9 Å². The number of rotatable bonds is 8. The molecule has 1 aliphatic rings. The molecule has 2 aromatic heterocycles. The molecule has 0 saturated carbocycles. The summed E-state index contributed by atoms with van der Waals surface area (Å²) in [5.74, 6) is 2.03. The smallest absolute Gasteiger partial charge is 0.230 e. The van der Waals surface area contributed by atoms with Crippen molar-refractivity contribution in [3.8, 4) is 5.69 Å². The molecule has 0 bridgehead atoms. The number of nitrogens with one attached hydrogen (secondary N) is 1. The molecule has 0 aliphatic carbocycles. The van der Waals surface area contributed by atoms with Gasteiger partial charge in [0.15, 0.2) is 5.16 Å². The summed E-state index contributed by atoms with van der Waals surface area (Å²) in [5, 5.41) is 3.90. The maximum absolute atomic E-state index is 12.7. The van der Waals surface area contributed by atoms with Crippen LogP contribution in [0.25, 0.3) is 5.69 Å². The number of aromatic nitrogens is 2. The van der Waals surface area contributed by atoms with Gasteiger partial charge in [-0.05, 0) is 50.1 Å². The van der Waals surface area contributed by atoms with Crippen molar-refractivity contribution in [2.75, 3.05) is 38.6 Å². The summed E-state index contributed by atoms with van der Waals surface area (Å²) in [6, 6.07) is 10.3. The van der Waals surface area contributed by atoms with Gasteiger partial charge in [-0.15, -0.1) is 0 Å². The summed E-state index contributed by atoms with van der Waals surface area (Å²) in [7, 11) is 0. The predicted octanol–water partition coefficient (Wildman–Crippen LogP) is 3.67. The van der Waals surface area contributed by atoms with E-state index in [1.54, 1.807) is 6.20 Å². The molecule has 3 aromatic rings. The van der Waals surface area contributed by atoms with Crippen molar-refractivity contribution in [2.45, 2.75) is 32.0 Å². The minimum Gasteiger partial charge on any atom is -0.465 e. The van der Waals surface area contributed by atoms with E-state index in [9.17, 15) is 4.79 Å². The minimum absolute atomic E-state index is 0.00141. The van der Waals surface area contributed by atoms with Gasteiger partial charge in [0.2, 0.25) is 5.91 Å². The van der Waals surface area contributed by atoms with E-state index >= 15 is 0 Å². The molecule has 1 saturated heterocycles. The summed E-state index contributed by atoms with van der Waals surface area (Å²) in [6.45, 7) is 9.63. The second kappa shape index (κ2) is 10.4. The number of carbonyl (C=O) groups is 1. The van der Waals surface area contributed by atoms with Crippen LogP contribution in [0, 0.1) is 20.8 Å². The highest BCUT2D eigenvalue weighted by molar-refractivity contribution is 7.99. The number of benzene rings is 1. The molecule has 3 heterocycles. The molecule has 1 fully saturated rings. The third-order valence-electron chi connectivity index (χ3n) is 5.63. The van der Waals surface area contributed by atoms with Crippen molar-refractivity contribution >= 4 is 17.7 Å². The Morgan fingerprint density at radius 1 is 1.19 bits per heavy atom. The van der Waals surface area contributed by atoms with Crippen LogP contribution in [-0.4, -0.2) is 59.0 Å². The number of amides is 1. The van der Waals surface area contributed by atoms with E-state index in [1.807, 2.05) is 29.8 Å². The second-order valence-corrected chi connectivity index (χ2v) is 9.02. The SMILES string of the molecule is Cc1ccc(C)c(-n2ccnc2SCC(=O)NCC(c2ccc(C)o2)N2CCOCC2)c1. The Bertz CT molecular complexity index is 1060. The summed E-state index contributed by atoms with van der Waals surface area (Å²) in [4.78, 5) is 19.5. The Morgan fingerprint density at radius 2 is 2.00 bits per heavy atom. The van der Waals surface area contributed by atoms with E-state index in [0.29, 0.717) is 25.5 Å². The lowest BCUT2D eigenvalue weighted by Gasteiger charge is -2.33. The molecular weight excluding hydrogens is 424 g/mol. The molecule has 1 unspecified atom stereocenters. The monoisotopic (exact) mass is 454 g/mol. The first-order valence-corrected chi connectivity index (χ1v) is 11.9. The fraction of sp³-hybridized carbons (Fsp3) is 0.417. The van der Waals surface area contributed by atoms with Crippen LogP contribution in [0.2, 0.25) is 0 Å². The van der Waals surface area contributed by atoms with Crippen LogP contribution >= 0.6 is 11.8 Å². The van der Waals surface area contributed by atoms with Gasteiger partial charge in [-0.1, -0.05) is 23.9 Å². The fourth-order valence-corrected chi connectivity index (χ4v) is 4.68. The Labute approximate surface area is 193 Å². The Kier molecular flexibility index (Phi) is 7.34. The molecule has 170 valence electrons. The van der Waals surface area contributed by atoms with Crippen molar-refractivity contribution in [3.05, 3.63) is 65.4 Å². The Morgan fingerprint density at radius 3 is 2.75 bits per heavy atom. The zero-order valence-corrected chi connectivity index (χ0v) is 19.7. The van der Waals surface area contributed by atoms with E-state index in [1.165, 1.54) is 22.9 Å². The second-order valence-electron chi connectivity index (χ2n) is 8.08. The first-order valence-electron chi connectivity index (χ1n) is 10.9. The summed E-state index contributed by atoms with van der Waals surface area (Å²) < 4.78 is 13.4. The lowest BCUT2D eigenvalue weighted by Crippen LogP contribution is -2.44. The molecule has 0 radical (unpaired) electrons. The third kappa shape index (κ3) is 5.43. The Hall–Kier alpha value is -2.55. The summed E-state index contributed by atoms with van der Waals surface area (Å²) >= 11 is 1.44. The zero-order valence-electron chi connectivity index (χ0n) is 18.8. The molecule has 1 aliphatic heterocycles. The van der Waals surface area contributed by atoms with Crippen LogP contribution in [0.3, 0.4) is 0 Å². The van der Waals surface area contributed by atoms with Gasteiger partial charge < -0.3 is 14.5 Å². The molecule has 1 N–H and O–H groups in total. The van der Waals surface area contributed by atoms with Crippen LogP contribution in [-0.2, 0) is 9.53 Å². The number of carbonyl (C=O) groups excluding carboxylic acids is 1. The summed E-state index contributed by atoms with van der Waals surface area (Å²) in [5.41, 5.74) is 3.45. The van der Waals surface area contributed by atoms with E-state index in [2.05, 4.69) is 47.2 Å². The van der Waals surface area contributed by atoms with Gasteiger partial charge in [-0.25, -0.2) is 4.98 Å². The van der Waals surface area contributed by atoms with Gasteiger partial charge in [0.05, 0.1) is 30.7 Å². The minimum atomic E-state index is -0.0212. The number of furan rings is 1. The third-order valence-corrected chi connectivity index (χ3v) is 6.60. The lowest BCUT2D eigenvalue weighted by atomic mass is 10.1. The number of imidazole rings is 1. The van der Waals surface area contributed by atoms with Crippen LogP contribution < -0.4 is 5.32 Å². The number of nitrogens with zero attached hydrogens (tertiary/aromatic N) is 3. The number of hydrogen-bond acceptors (Lipinski definition) is 6. The molecular formula is C24H30N4O3S. The molecule has 32 heavy (non-hydrogen) atoms. The maximum atomic E-state index is 12.7. The molecule has 4 rings (SSSR count). The van der Waals surface area contributed by atoms with Crippen molar-refractivity contribution in [2.24, 2.45) is 0 Å². The van der Waals surface area contributed by atoms with Crippen LogP contribution in [0.5, 0.6) is 0 Å². The van der Waals surface area contributed by atoms with Gasteiger partial charge in [0, 0.05) is 32.0 Å². The largest absolute Gasteiger partial charge is 0.465 e. The number of aryl methyl sites for hydroxylation is 3. The van der Waals surface area contributed by atoms with Gasteiger partial charge >= 0.3 is 0 Å². The van der Waals surface area contributed by atoms with Gasteiger partial charge in [-0.3, -0.25) is 14.3 Å². The number of ether oxygens (including phenoxy) is 1. The van der Waals surface area contributed by atoms with E-state index in [-0.39, 0.29) is 11.9 Å². The molecule has 1 amide bonds. The fourth-order valence-electron chi connectivity index (χ4n) is 3.88. The average Bonchev–Trinajstić information content (AvgIpc) is 3.44. The first kappa shape index (κ1) is 22.6. The van der Waals surface area contributed by atoms with E-state index < -0.39 is 0 Å². The van der Waals surface area contributed by atoms with Crippen molar-refractivity contribution in [1.82, 2.24) is 19.8 Å². The van der Waals surface area contributed by atoms with Gasteiger partial charge in [0.1, 0.15) is 11.5 Å². The maximum Gasteiger partial charge on any atom is 0.230 e. The normalized spacial score (nSPS) is 15.6. The standard InChI is InChI=1S/C24H30N4O3S/c1-17-4-5-18(2)20(14-17)28-9-8-25-24(28)32-16-23(29)26-15-21(22-7-6-19(3)31-22)27-10-12-30-13-11-27/h4-9,14,21H,10-13,15-16H2,1-3H3,(H,26,29).